The lowest BCUT2D eigenvalue weighted by Crippen LogP contribution is -2.35. The predicted octanol–water partition coefficient (Wildman–Crippen LogP) is 0.569. The van der Waals surface area contributed by atoms with Gasteiger partial charge in [0.25, 0.3) is 0 Å². The minimum atomic E-state index is -4.05. The van der Waals surface area contributed by atoms with Crippen molar-refractivity contribution in [1.29, 1.82) is 0 Å². The number of carbonyl (C=O) groups is 1. The van der Waals surface area contributed by atoms with Crippen molar-refractivity contribution in [3.8, 4) is 0 Å². The molecule has 13 heavy (non-hydrogen) atoms. The summed E-state index contributed by atoms with van der Waals surface area (Å²) < 4.78 is 37.0. The number of amides is 1. The van der Waals surface area contributed by atoms with Crippen LogP contribution in [0.15, 0.2) is 18.5 Å². The number of nitrogens with one attached hydrogen (secondary N) is 1. The highest BCUT2D eigenvalue weighted by molar-refractivity contribution is 5.82. The van der Waals surface area contributed by atoms with E-state index >= 15 is 0 Å². The fourth-order valence-electron chi connectivity index (χ4n) is 0.622. The Morgan fingerprint density at radius 2 is 1.92 bits per heavy atom. The fourth-order valence-corrected chi connectivity index (χ4v) is 0.622. The van der Waals surface area contributed by atoms with Crippen LogP contribution in [-0.4, -0.2) is 15.9 Å². The van der Waals surface area contributed by atoms with E-state index in [0.717, 1.165) is 12.4 Å². The van der Waals surface area contributed by atoms with Crippen molar-refractivity contribution in [2.45, 2.75) is 5.92 Å². The van der Waals surface area contributed by atoms with Crippen molar-refractivity contribution in [1.82, 2.24) is 15.5 Å². The Bertz CT molecular complexity index is 303. The first kappa shape index (κ1) is 9.43. The topological polar surface area (TPSA) is 54.9 Å². The summed E-state index contributed by atoms with van der Waals surface area (Å²) in [5, 5.41) is 0. The summed E-state index contributed by atoms with van der Waals surface area (Å²) in [6.07, 6.45) is 2.06. The van der Waals surface area contributed by atoms with Gasteiger partial charge in [-0.05, 0) is 6.07 Å². The zero-order valence-corrected chi connectivity index (χ0v) is 6.17. The van der Waals surface area contributed by atoms with E-state index in [1.165, 1.54) is 6.07 Å². The van der Waals surface area contributed by atoms with Gasteiger partial charge in [0, 0.05) is 12.4 Å². The number of hydrogen-bond acceptors (Lipinski definition) is 3. The quantitative estimate of drug-likeness (QED) is 0.695. The second-order valence-electron chi connectivity index (χ2n) is 2.07. The summed E-state index contributed by atoms with van der Waals surface area (Å²) in [4.78, 5) is 16.6. The second kappa shape index (κ2) is 3.38. The summed E-state index contributed by atoms with van der Waals surface area (Å²) in [7, 11) is 0. The number of alkyl halides is 2. The molecule has 0 aliphatic carbocycles. The van der Waals surface area contributed by atoms with Crippen LogP contribution in [-0.2, 0) is 10.7 Å². The van der Waals surface area contributed by atoms with Crippen molar-refractivity contribution in [3.05, 3.63) is 24.3 Å². The summed E-state index contributed by atoms with van der Waals surface area (Å²) in [5.41, 5.74) is 0.335. The molecule has 0 radical (unpaired) electrons. The maximum absolute atomic E-state index is 12.8. The number of carbonyl (C=O) groups excluding carboxylic acids is 1. The van der Waals surface area contributed by atoms with Gasteiger partial charge in [0.2, 0.25) is 5.82 Å². The minimum Gasteiger partial charge on any atom is -0.265 e. The summed E-state index contributed by atoms with van der Waals surface area (Å²) in [6, 6.07) is 1.30. The van der Waals surface area contributed by atoms with Crippen LogP contribution in [0.25, 0.3) is 0 Å². The Hall–Kier alpha value is -1.66. The normalized spacial score (nSPS) is 11.0. The molecule has 1 amide bonds. The van der Waals surface area contributed by atoms with Crippen LogP contribution in [0.2, 0.25) is 0 Å². The molecule has 0 unspecified atom stereocenters. The van der Waals surface area contributed by atoms with E-state index in [1.807, 2.05) is 0 Å². The van der Waals surface area contributed by atoms with Crippen LogP contribution in [0.5, 0.6) is 0 Å². The molecular weight excluding hydrogens is 187 g/mol. The third-order valence-corrected chi connectivity index (χ3v) is 1.22. The lowest BCUT2D eigenvalue weighted by Gasteiger charge is -2.09. The van der Waals surface area contributed by atoms with Gasteiger partial charge in [-0.2, -0.15) is 14.3 Å². The number of halogens is 3. The summed E-state index contributed by atoms with van der Waals surface area (Å²) in [6.45, 7) is 0. The molecule has 1 rings (SSSR count). The molecule has 0 saturated heterocycles. The highest BCUT2D eigenvalue weighted by atomic mass is 19.3. The van der Waals surface area contributed by atoms with Gasteiger partial charge in [-0.15, -0.1) is 4.48 Å². The highest BCUT2D eigenvalue weighted by Gasteiger charge is 2.44. The third-order valence-electron chi connectivity index (χ3n) is 1.22. The highest BCUT2D eigenvalue weighted by Crippen LogP contribution is 2.23. The number of rotatable bonds is 2. The summed E-state index contributed by atoms with van der Waals surface area (Å²) >= 11 is 0. The van der Waals surface area contributed by atoms with Crippen LogP contribution in [0, 0.1) is 0 Å². The van der Waals surface area contributed by atoms with Crippen molar-refractivity contribution in [2.24, 2.45) is 0 Å². The van der Waals surface area contributed by atoms with Crippen molar-refractivity contribution in [3.63, 3.8) is 0 Å². The molecule has 4 nitrogen and oxygen atoms in total. The molecular formula is C6H4F3N3O. The van der Waals surface area contributed by atoms with Crippen LogP contribution in [0.4, 0.5) is 13.3 Å². The molecule has 1 aromatic heterocycles. The first-order valence-corrected chi connectivity index (χ1v) is 3.15. The Balaban J connectivity index is 3.00. The standard InChI is InChI=1S/C6H4F3N3O/c7-6(8,5(13)12-9)4-10-2-1-3-11-4/h1-3H,(H,12,13). The Morgan fingerprint density at radius 3 is 2.38 bits per heavy atom. The molecule has 0 spiro atoms. The molecule has 0 aromatic carbocycles. The monoisotopic (exact) mass is 191 g/mol. The SMILES string of the molecule is O=C(NF)C(F)(F)c1ncccn1. The molecule has 0 fully saturated rings. The molecule has 7 heteroatoms. The lowest BCUT2D eigenvalue weighted by molar-refractivity contribution is -0.153. The smallest absolute Gasteiger partial charge is 0.265 e. The molecule has 1 N–H and O–H groups in total. The number of hydrogen-bond donors (Lipinski definition) is 1. The molecule has 0 aliphatic heterocycles. The molecule has 0 saturated carbocycles. The van der Waals surface area contributed by atoms with Gasteiger partial charge in [0.05, 0.1) is 0 Å². The van der Waals surface area contributed by atoms with Gasteiger partial charge in [0.15, 0.2) is 0 Å². The average Bonchev–Trinajstić information content (AvgIpc) is 2.18. The molecule has 1 heterocycles. The maximum atomic E-state index is 12.8. The zero-order chi connectivity index (χ0) is 9.90. The maximum Gasteiger partial charge on any atom is 0.385 e. The minimum absolute atomic E-state index is 0.335. The van der Waals surface area contributed by atoms with E-state index < -0.39 is 17.7 Å². The van der Waals surface area contributed by atoms with Gasteiger partial charge in [-0.1, -0.05) is 0 Å². The van der Waals surface area contributed by atoms with Gasteiger partial charge in [-0.25, -0.2) is 9.97 Å². The Labute approximate surface area is 70.7 Å². The predicted molar refractivity (Wildman–Crippen MR) is 35.2 cm³/mol. The van der Waals surface area contributed by atoms with Crippen LogP contribution < -0.4 is 5.54 Å². The lowest BCUT2D eigenvalue weighted by atomic mass is 10.3. The van der Waals surface area contributed by atoms with Crippen LogP contribution in [0.3, 0.4) is 0 Å². The molecule has 70 valence electrons. The van der Waals surface area contributed by atoms with E-state index in [9.17, 15) is 18.1 Å². The van der Waals surface area contributed by atoms with Crippen molar-refractivity contribution < 1.29 is 18.1 Å². The summed E-state index contributed by atoms with van der Waals surface area (Å²) in [5.74, 6) is -7.17. The van der Waals surface area contributed by atoms with Crippen molar-refractivity contribution in [2.75, 3.05) is 0 Å². The number of nitrogens with zero attached hydrogens (tertiary/aromatic N) is 2. The molecule has 0 atom stereocenters. The molecule has 1 aromatic rings. The van der Waals surface area contributed by atoms with Crippen molar-refractivity contribution >= 4 is 5.91 Å². The second-order valence-corrected chi connectivity index (χ2v) is 2.07. The Kier molecular flexibility index (Phi) is 2.45. The largest absolute Gasteiger partial charge is 0.385 e. The van der Waals surface area contributed by atoms with Gasteiger partial charge < -0.3 is 0 Å². The van der Waals surface area contributed by atoms with Crippen LogP contribution >= 0.6 is 0 Å². The van der Waals surface area contributed by atoms with Gasteiger partial charge in [-0.3, -0.25) is 4.79 Å². The van der Waals surface area contributed by atoms with E-state index in [0.29, 0.717) is 5.54 Å². The number of aromatic nitrogens is 2. The van der Waals surface area contributed by atoms with Gasteiger partial charge >= 0.3 is 11.8 Å². The average molecular weight is 191 g/mol. The van der Waals surface area contributed by atoms with Crippen LogP contribution in [0.1, 0.15) is 5.82 Å². The fraction of sp³-hybridized carbons (Fsp3) is 0.167. The third kappa shape index (κ3) is 1.74. The van der Waals surface area contributed by atoms with Gasteiger partial charge in [0.1, 0.15) is 0 Å². The first-order chi connectivity index (χ1) is 6.09. The molecule has 0 bridgehead atoms. The first-order valence-electron chi connectivity index (χ1n) is 3.15. The molecule has 0 aliphatic rings. The Morgan fingerprint density at radius 1 is 1.38 bits per heavy atom. The zero-order valence-electron chi connectivity index (χ0n) is 6.17. The van der Waals surface area contributed by atoms with E-state index in [4.69, 9.17) is 0 Å². The van der Waals surface area contributed by atoms with E-state index in [1.54, 1.807) is 0 Å². The van der Waals surface area contributed by atoms with E-state index in [2.05, 4.69) is 9.97 Å². The van der Waals surface area contributed by atoms with E-state index in [-0.39, 0.29) is 0 Å².